The maximum Gasteiger partial charge on any atom is 0.333 e. The lowest BCUT2D eigenvalue weighted by atomic mass is 9.74. The van der Waals surface area contributed by atoms with Crippen LogP contribution >= 0.6 is 0 Å². The topological polar surface area (TPSA) is 38.3 Å². The van der Waals surface area contributed by atoms with E-state index in [1.54, 1.807) is 0 Å². The van der Waals surface area contributed by atoms with Gasteiger partial charge in [0.2, 0.25) is 0 Å². The summed E-state index contributed by atoms with van der Waals surface area (Å²) in [5, 5.41) is 3.63. The Kier molecular flexibility index (Phi) is 4.03. The lowest BCUT2D eigenvalue weighted by molar-refractivity contribution is -0.136. The summed E-state index contributed by atoms with van der Waals surface area (Å²) in [6.45, 7) is 12.7. The van der Waals surface area contributed by atoms with Crippen LogP contribution in [0.1, 0.15) is 47.0 Å². The lowest BCUT2D eigenvalue weighted by Crippen LogP contribution is -2.57. The Labute approximate surface area is 105 Å². The van der Waals surface area contributed by atoms with E-state index < -0.39 is 0 Å². The van der Waals surface area contributed by atoms with E-state index in [9.17, 15) is 4.79 Å². The summed E-state index contributed by atoms with van der Waals surface area (Å²) >= 11 is 0. The smallest absolute Gasteiger partial charge is 0.333 e. The number of nitrogens with one attached hydrogen (secondary N) is 1. The van der Waals surface area contributed by atoms with Crippen LogP contribution in [0.25, 0.3) is 0 Å². The third-order valence-electron chi connectivity index (χ3n) is 3.28. The van der Waals surface area contributed by atoms with Crippen LogP contribution in [0.3, 0.4) is 0 Å². The molecule has 3 heteroatoms. The molecule has 0 bridgehead atoms. The minimum absolute atomic E-state index is 0.114. The third kappa shape index (κ3) is 4.15. The van der Waals surface area contributed by atoms with Gasteiger partial charge in [-0.1, -0.05) is 6.58 Å². The van der Waals surface area contributed by atoms with E-state index in [0.717, 1.165) is 19.3 Å². The van der Waals surface area contributed by atoms with E-state index in [-0.39, 0.29) is 17.0 Å². The summed E-state index contributed by atoms with van der Waals surface area (Å²) in [6, 6.07) is 0. The number of piperidine rings is 1. The van der Waals surface area contributed by atoms with Crippen LogP contribution in [-0.2, 0) is 9.53 Å². The molecule has 0 aliphatic carbocycles. The molecule has 3 nitrogen and oxygen atoms in total. The third-order valence-corrected chi connectivity index (χ3v) is 3.28. The van der Waals surface area contributed by atoms with Crippen molar-refractivity contribution in [2.75, 3.05) is 7.11 Å². The standard InChI is InChI=1S/C14H25NO2/c1-10(12(16)17-6)7-11-8-13(2,3)15-14(4,5)9-11/h11,15H,1,7-9H2,2-6H3. The van der Waals surface area contributed by atoms with Crippen molar-refractivity contribution in [1.29, 1.82) is 0 Å². The monoisotopic (exact) mass is 239 g/mol. The van der Waals surface area contributed by atoms with Gasteiger partial charge in [-0.05, 0) is 52.9 Å². The first-order chi connectivity index (χ1) is 7.65. The molecule has 1 fully saturated rings. The van der Waals surface area contributed by atoms with Gasteiger partial charge in [0.15, 0.2) is 0 Å². The predicted molar refractivity (Wildman–Crippen MR) is 69.8 cm³/mol. The van der Waals surface area contributed by atoms with Gasteiger partial charge in [0, 0.05) is 16.7 Å². The van der Waals surface area contributed by atoms with Gasteiger partial charge in [-0.25, -0.2) is 4.79 Å². The highest BCUT2D eigenvalue weighted by molar-refractivity contribution is 5.87. The summed E-state index contributed by atoms with van der Waals surface area (Å²) < 4.78 is 4.70. The van der Waals surface area contributed by atoms with Gasteiger partial charge in [-0.15, -0.1) is 0 Å². The van der Waals surface area contributed by atoms with Crippen molar-refractivity contribution in [3.63, 3.8) is 0 Å². The molecule has 1 aliphatic rings. The van der Waals surface area contributed by atoms with Crippen LogP contribution in [0.5, 0.6) is 0 Å². The molecule has 0 spiro atoms. The largest absolute Gasteiger partial charge is 0.466 e. The van der Waals surface area contributed by atoms with E-state index in [1.165, 1.54) is 7.11 Å². The molecule has 1 heterocycles. The van der Waals surface area contributed by atoms with Gasteiger partial charge in [0.05, 0.1) is 7.11 Å². The summed E-state index contributed by atoms with van der Waals surface area (Å²) in [7, 11) is 1.41. The zero-order chi connectivity index (χ0) is 13.3. The minimum Gasteiger partial charge on any atom is -0.466 e. The van der Waals surface area contributed by atoms with Gasteiger partial charge in [0.25, 0.3) is 0 Å². The van der Waals surface area contributed by atoms with Gasteiger partial charge >= 0.3 is 5.97 Å². The molecule has 0 aromatic heterocycles. The van der Waals surface area contributed by atoms with Crippen LogP contribution in [-0.4, -0.2) is 24.2 Å². The summed E-state index contributed by atoms with van der Waals surface area (Å²) in [4.78, 5) is 11.4. The number of ether oxygens (including phenoxy) is 1. The first kappa shape index (κ1) is 14.2. The molecule has 98 valence electrons. The first-order valence-electron chi connectivity index (χ1n) is 6.21. The van der Waals surface area contributed by atoms with Crippen LogP contribution in [0.2, 0.25) is 0 Å². The number of carbonyl (C=O) groups is 1. The van der Waals surface area contributed by atoms with Crippen molar-refractivity contribution in [2.45, 2.75) is 58.0 Å². The molecule has 0 amide bonds. The molecule has 1 N–H and O–H groups in total. The summed E-state index contributed by atoms with van der Waals surface area (Å²) in [5.41, 5.74) is 0.817. The fourth-order valence-electron chi connectivity index (χ4n) is 3.25. The average Bonchev–Trinajstić information content (AvgIpc) is 2.11. The van der Waals surface area contributed by atoms with Gasteiger partial charge in [-0.2, -0.15) is 0 Å². The van der Waals surface area contributed by atoms with Crippen LogP contribution in [0.4, 0.5) is 0 Å². The molecule has 0 aromatic rings. The molecule has 1 aliphatic heterocycles. The number of esters is 1. The number of hydrogen-bond acceptors (Lipinski definition) is 3. The zero-order valence-corrected chi connectivity index (χ0v) is 11.7. The van der Waals surface area contributed by atoms with E-state index in [2.05, 4.69) is 39.6 Å². The van der Waals surface area contributed by atoms with Crippen molar-refractivity contribution in [3.05, 3.63) is 12.2 Å². The number of rotatable bonds is 3. The summed E-state index contributed by atoms with van der Waals surface area (Å²) in [6.07, 6.45) is 2.86. The molecular formula is C14H25NO2. The Balaban J connectivity index is 2.66. The summed E-state index contributed by atoms with van der Waals surface area (Å²) in [5.74, 6) is 0.215. The van der Waals surface area contributed by atoms with E-state index in [4.69, 9.17) is 4.74 Å². The molecule has 0 atom stereocenters. The van der Waals surface area contributed by atoms with E-state index in [1.807, 2.05) is 0 Å². The van der Waals surface area contributed by atoms with Crippen molar-refractivity contribution in [3.8, 4) is 0 Å². The Morgan fingerprint density at radius 2 is 1.76 bits per heavy atom. The quantitative estimate of drug-likeness (QED) is 0.608. The lowest BCUT2D eigenvalue weighted by Gasteiger charge is -2.46. The van der Waals surface area contributed by atoms with Crippen molar-refractivity contribution in [1.82, 2.24) is 5.32 Å². The molecule has 1 rings (SSSR count). The predicted octanol–water partition coefficient (Wildman–Crippen LogP) is 2.66. The maximum atomic E-state index is 11.4. The number of methoxy groups -OCH3 is 1. The van der Waals surface area contributed by atoms with E-state index in [0.29, 0.717) is 11.5 Å². The van der Waals surface area contributed by atoms with Crippen LogP contribution < -0.4 is 5.32 Å². The van der Waals surface area contributed by atoms with Crippen molar-refractivity contribution < 1.29 is 9.53 Å². The van der Waals surface area contributed by atoms with Gasteiger partial charge < -0.3 is 10.1 Å². The second-order valence-corrected chi connectivity index (χ2v) is 6.47. The fraction of sp³-hybridized carbons (Fsp3) is 0.786. The first-order valence-corrected chi connectivity index (χ1v) is 6.21. The second kappa shape index (κ2) is 4.81. The van der Waals surface area contributed by atoms with Crippen LogP contribution in [0, 0.1) is 5.92 Å². The molecule has 0 aromatic carbocycles. The highest BCUT2D eigenvalue weighted by atomic mass is 16.5. The highest BCUT2D eigenvalue weighted by Gasteiger charge is 2.37. The SMILES string of the molecule is C=C(CC1CC(C)(C)NC(C)(C)C1)C(=O)OC. The van der Waals surface area contributed by atoms with Gasteiger partial charge in [0.1, 0.15) is 0 Å². The molecule has 0 saturated carbocycles. The second-order valence-electron chi connectivity index (χ2n) is 6.47. The van der Waals surface area contributed by atoms with Gasteiger partial charge in [-0.3, -0.25) is 0 Å². The molecule has 1 saturated heterocycles. The molecule has 17 heavy (non-hydrogen) atoms. The number of carbonyl (C=O) groups excluding carboxylic acids is 1. The maximum absolute atomic E-state index is 11.4. The Morgan fingerprint density at radius 3 is 2.18 bits per heavy atom. The minimum atomic E-state index is -0.279. The molecule has 0 unspecified atom stereocenters. The highest BCUT2D eigenvalue weighted by Crippen LogP contribution is 2.35. The Hall–Kier alpha value is -0.830. The molecule has 0 radical (unpaired) electrons. The Bertz CT molecular complexity index is 302. The van der Waals surface area contributed by atoms with Crippen molar-refractivity contribution >= 4 is 5.97 Å². The van der Waals surface area contributed by atoms with Crippen LogP contribution in [0.15, 0.2) is 12.2 Å². The normalized spacial score (nSPS) is 23.1. The zero-order valence-electron chi connectivity index (χ0n) is 11.7. The van der Waals surface area contributed by atoms with E-state index >= 15 is 0 Å². The van der Waals surface area contributed by atoms with Crippen molar-refractivity contribution in [2.24, 2.45) is 5.92 Å². The number of hydrogen-bond donors (Lipinski definition) is 1. The fourth-order valence-corrected chi connectivity index (χ4v) is 3.25. The molecular weight excluding hydrogens is 214 g/mol. The Morgan fingerprint density at radius 1 is 1.29 bits per heavy atom. The average molecular weight is 239 g/mol.